The second kappa shape index (κ2) is 8.49. The maximum atomic E-state index is 12.4. The molecule has 1 aliphatic carbocycles. The Balaban J connectivity index is 1.42. The Bertz CT molecular complexity index is 983. The molecule has 0 radical (unpaired) electrons. The van der Waals surface area contributed by atoms with Gasteiger partial charge in [0.15, 0.2) is 0 Å². The van der Waals surface area contributed by atoms with Gasteiger partial charge in [-0.25, -0.2) is 9.97 Å². The number of benzene rings is 1. The number of fused-ring (bicyclic) bond motifs is 3. The zero-order valence-corrected chi connectivity index (χ0v) is 17.7. The lowest BCUT2D eigenvalue weighted by Gasteiger charge is -2.12. The van der Waals surface area contributed by atoms with Crippen LogP contribution in [0.25, 0.3) is 10.2 Å². The number of thiophene rings is 1. The molecule has 146 valence electrons. The number of rotatable bonds is 6. The first-order chi connectivity index (χ1) is 13.6. The summed E-state index contributed by atoms with van der Waals surface area (Å²) in [5.74, 6) is 1.08. The number of thioether (sulfide) groups is 1. The topological polar surface area (TPSA) is 64.1 Å². The first-order valence-electron chi connectivity index (χ1n) is 9.55. The molecule has 1 N–H and O–H groups in total. The molecule has 7 heteroatoms. The molecular weight excluding hydrogens is 390 g/mol. The van der Waals surface area contributed by atoms with Gasteiger partial charge >= 0.3 is 0 Å². The van der Waals surface area contributed by atoms with Gasteiger partial charge in [-0.15, -0.1) is 11.3 Å². The molecule has 5 nitrogen and oxygen atoms in total. The summed E-state index contributed by atoms with van der Waals surface area (Å²) in [5.41, 5.74) is 2.16. The average molecular weight is 414 g/mol. The van der Waals surface area contributed by atoms with Crippen molar-refractivity contribution in [1.29, 1.82) is 0 Å². The van der Waals surface area contributed by atoms with Gasteiger partial charge in [0.1, 0.15) is 21.9 Å². The van der Waals surface area contributed by atoms with E-state index in [-0.39, 0.29) is 12.0 Å². The quantitative estimate of drug-likeness (QED) is 0.450. The molecule has 0 atom stereocenters. The molecule has 0 unspecified atom stereocenters. The Morgan fingerprint density at radius 1 is 1.21 bits per heavy atom. The second-order valence-corrected chi connectivity index (χ2v) is 9.15. The molecule has 1 amide bonds. The van der Waals surface area contributed by atoms with Gasteiger partial charge in [0.2, 0.25) is 5.91 Å². The molecule has 0 spiro atoms. The van der Waals surface area contributed by atoms with Crippen molar-refractivity contribution in [1.82, 2.24) is 9.97 Å². The van der Waals surface area contributed by atoms with E-state index >= 15 is 0 Å². The smallest absolute Gasteiger partial charge is 0.234 e. The van der Waals surface area contributed by atoms with Gasteiger partial charge in [0.05, 0.1) is 11.9 Å². The van der Waals surface area contributed by atoms with Gasteiger partial charge < -0.3 is 10.1 Å². The van der Waals surface area contributed by atoms with Crippen LogP contribution in [0.3, 0.4) is 0 Å². The molecule has 2 heterocycles. The highest BCUT2D eigenvalue weighted by molar-refractivity contribution is 8.00. The summed E-state index contributed by atoms with van der Waals surface area (Å²) in [4.78, 5) is 23.8. The summed E-state index contributed by atoms with van der Waals surface area (Å²) in [6, 6.07) is 7.46. The number of aryl methyl sites for hydroxylation is 2. The zero-order chi connectivity index (χ0) is 19.5. The normalized spacial score (nSPS) is 13.5. The predicted octanol–water partition coefficient (Wildman–Crippen LogP) is 5.09. The highest BCUT2D eigenvalue weighted by Gasteiger charge is 2.20. The van der Waals surface area contributed by atoms with E-state index in [1.807, 2.05) is 38.1 Å². The molecule has 0 aliphatic heterocycles. The molecule has 0 saturated carbocycles. The Hall–Kier alpha value is -2.12. The number of carbonyl (C=O) groups is 1. The van der Waals surface area contributed by atoms with E-state index < -0.39 is 0 Å². The van der Waals surface area contributed by atoms with Crippen LogP contribution in [0.15, 0.2) is 35.6 Å². The Labute approximate surface area is 172 Å². The van der Waals surface area contributed by atoms with Crippen molar-refractivity contribution in [2.45, 2.75) is 50.7 Å². The molecule has 1 aromatic carbocycles. The molecule has 3 aromatic rings. The number of nitrogens with one attached hydrogen (secondary N) is 1. The lowest BCUT2D eigenvalue weighted by Crippen LogP contribution is -2.14. The van der Waals surface area contributed by atoms with E-state index in [1.54, 1.807) is 17.7 Å². The number of aromatic nitrogens is 2. The molecule has 2 aromatic heterocycles. The molecule has 28 heavy (non-hydrogen) atoms. The molecule has 0 bridgehead atoms. The largest absolute Gasteiger partial charge is 0.491 e. The fourth-order valence-corrected chi connectivity index (χ4v) is 5.51. The van der Waals surface area contributed by atoms with Gasteiger partial charge in [-0.3, -0.25) is 4.79 Å². The fourth-order valence-electron chi connectivity index (χ4n) is 3.39. The maximum Gasteiger partial charge on any atom is 0.234 e. The summed E-state index contributed by atoms with van der Waals surface area (Å²) in [7, 11) is 0. The van der Waals surface area contributed by atoms with Gasteiger partial charge in [0, 0.05) is 16.0 Å². The first kappa shape index (κ1) is 19.2. The van der Waals surface area contributed by atoms with E-state index in [0.717, 1.165) is 39.5 Å². The van der Waals surface area contributed by atoms with Crippen molar-refractivity contribution in [3.8, 4) is 5.75 Å². The maximum absolute atomic E-state index is 12.4. The van der Waals surface area contributed by atoms with Crippen LogP contribution >= 0.6 is 23.1 Å². The third-order valence-corrected chi connectivity index (χ3v) is 6.76. The highest BCUT2D eigenvalue weighted by Crippen LogP contribution is 2.39. The Morgan fingerprint density at radius 3 is 2.79 bits per heavy atom. The van der Waals surface area contributed by atoms with E-state index in [4.69, 9.17) is 4.74 Å². The number of nitrogens with zero attached hydrogens (tertiary/aromatic N) is 2. The van der Waals surface area contributed by atoms with Gasteiger partial charge in [0.25, 0.3) is 0 Å². The van der Waals surface area contributed by atoms with E-state index in [0.29, 0.717) is 5.75 Å². The summed E-state index contributed by atoms with van der Waals surface area (Å²) in [6.07, 6.45) is 6.43. The average Bonchev–Trinajstić information content (AvgIpc) is 3.07. The van der Waals surface area contributed by atoms with Crippen LogP contribution in [-0.2, 0) is 17.6 Å². The summed E-state index contributed by atoms with van der Waals surface area (Å²) in [5, 5.41) is 5.02. The van der Waals surface area contributed by atoms with Crippen molar-refractivity contribution >= 4 is 44.9 Å². The predicted molar refractivity (Wildman–Crippen MR) is 116 cm³/mol. The standard InChI is InChI=1S/C21H23N3O2S2/c1-13(2)26-15-9-7-14(8-10-15)24-18(25)11-27-20-19-16-5-3-4-6-17(16)28-21(19)23-12-22-20/h7-10,12-13H,3-6,11H2,1-2H3,(H,24,25). The van der Waals surface area contributed by atoms with E-state index in [1.165, 1.54) is 35.0 Å². The molecule has 4 rings (SSSR count). The van der Waals surface area contributed by atoms with Crippen molar-refractivity contribution < 1.29 is 9.53 Å². The summed E-state index contributed by atoms with van der Waals surface area (Å²) >= 11 is 3.26. The highest BCUT2D eigenvalue weighted by atomic mass is 32.2. The monoisotopic (exact) mass is 413 g/mol. The van der Waals surface area contributed by atoms with Crippen LogP contribution in [0.1, 0.15) is 37.1 Å². The third-order valence-electron chi connectivity index (χ3n) is 4.57. The number of amides is 1. The lowest BCUT2D eigenvalue weighted by molar-refractivity contribution is -0.113. The van der Waals surface area contributed by atoms with Crippen LogP contribution in [0.5, 0.6) is 5.75 Å². The van der Waals surface area contributed by atoms with Crippen LogP contribution in [0.4, 0.5) is 5.69 Å². The minimum Gasteiger partial charge on any atom is -0.491 e. The van der Waals surface area contributed by atoms with Crippen LogP contribution in [0, 0.1) is 0 Å². The molecule has 1 aliphatic rings. The summed E-state index contributed by atoms with van der Waals surface area (Å²) < 4.78 is 5.63. The van der Waals surface area contributed by atoms with Gasteiger partial charge in [-0.05, 0) is 69.4 Å². The Kier molecular flexibility index (Phi) is 5.82. The molecular formula is C21H23N3O2S2. The first-order valence-corrected chi connectivity index (χ1v) is 11.3. The zero-order valence-electron chi connectivity index (χ0n) is 16.0. The van der Waals surface area contributed by atoms with E-state index in [9.17, 15) is 4.79 Å². The second-order valence-electron chi connectivity index (χ2n) is 7.10. The Morgan fingerprint density at radius 2 is 2.00 bits per heavy atom. The molecule has 0 fully saturated rings. The summed E-state index contributed by atoms with van der Waals surface area (Å²) in [6.45, 7) is 3.98. The van der Waals surface area contributed by atoms with Crippen molar-refractivity contribution in [3.63, 3.8) is 0 Å². The molecule has 0 saturated heterocycles. The van der Waals surface area contributed by atoms with Crippen LogP contribution in [-0.4, -0.2) is 27.7 Å². The van der Waals surface area contributed by atoms with Gasteiger partial charge in [-0.1, -0.05) is 11.8 Å². The fraction of sp³-hybridized carbons (Fsp3) is 0.381. The van der Waals surface area contributed by atoms with Crippen molar-refractivity contribution in [3.05, 3.63) is 41.0 Å². The van der Waals surface area contributed by atoms with E-state index in [2.05, 4.69) is 15.3 Å². The van der Waals surface area contributed by atoms with Crippen LogP contribution in [0.2, 0.25) is 0 Å². The van der Waals surface area contributed by atoms with Gasteiger partial charge in [-0.2, -0.15) is 0 Å². The number of hydrogen-bond acceptors (Lipinski definition) is 6. The van der Waals surface area contributed by atoms with Crippen LogP contribution < -0.4 is 10.1 Å². The third kappa shape index (κ3) is 4.31. The number of ether oxygens (including phenoxy) is 1. The van der Waals surface area contributed by atoms with Crippen molar-refractivity contribution in [2.75, 3.05) is 11.1 Å². The minimum atomic E-state index is -0.0432. The SMILES string of the molecule is CC(C)Oc1ccc(NC(=O)CSc2ncnc3sc4c(c23)CCCC4)cc1. The number of anilines is 1. The van der Waals surface area contributed by atoms with Crippen molar-refractivity contribution in [2.24, 2.45) is 0 Å². The number of hydrogen-bond donors (Lipinski definition) is 1. The lowest BCUT2D eigenvalue weighted by atomic mass is 9.97. The minimum absolute atomic E-state index is 0.0432. The number of carbonyl (C=O) groups excluding carboxylic acids is 1.